The molecule has 2 saturated heterocycles. The maximum atomic E-state index is 15.2. The van der Waals surface area contributed by atoms with Crippen LogP contribution in [0.1, 0.15) is 55.6 Å². The van der Waals surface area contributed by atoms with Crippen molar-refractivity contribution in [3.05, 3.63) is 101 Å². The first kappa shape index (κ1) is 33.5. The Morgan fingerprint density at radius 1 is 0.920 bits per heavy atom. The van der Waals surface area contributed by atoms with Crippen LogP contribution in [-0.4, -0.2) is 58.4 Å². The van der Waals surface area contributed by atoms with E-state index < -0.39 is 52.8 Å². The van der Waals surface area contributed by atoms with Gasteiger partial charge in [0, 0.05) is 35.5 Å². The molecule has 50 heavy (non-hydrogen) atoms. The molecule has 4 amide bonds. The first-order valence-electron chi connectivity index (χ1n) is 16.9. The highest BCUT2D eigenvalue weighted by atomic mass is 35.5. The van der Waals surface area contributed by atoms with Crippen molar-refractivity contribution < 1.29 is 38.9 Å². The minimum Gasteiger partial charge on any atom is -0.508 e. The van der Waals surface area contributed by atoms with Crippen molar-refractivity contribution in [2.75, 3.05) is 18.6 Å². The van der Waals surface area contributed by atoms with Gasteiger partial charge in [-0.1, -0.05) is 72.1 Å². The lowest BCUT2D eigenvalue weighted by Gasteiger charge is -2.50. The molecule has 0 aromatic heterocycles. The van der Waals surface area contributed by atoms with Crippen LogP contribution in [0.2, 0.25) is 5.02 Å². The molecule has 11 heteroatoms. The van der Waals surface area contributed by atoms with Gasteiger partial charge in [-0.3, -0.25) is 28.9 Å². The molecule has 7 rings (SSSR count). The number of unbranched alkanes of at least 4 members (excludes halogenated alkanes) is 2. The van der Waals surface area contributed by atoms with Gasteiger partial charge < -0.3 is 14.9 Å². The average Bonchev–Trinajstić information content (AvgIpc) is 3.49. The Labute approximate surface area is 294 Å². The number of carboxylic acids is 1. The molecule has 3 aromatic carbocycles. The number of rotatable bonds is 10. The van der Waals surface area contributed by atoms with Crippen molar-refractivity contribution >= 4 is 46.9 Å². The molecule has 0 radical (unpaired) electrons. The summed E-state index contributed by atoms with van der Waals surface area (Å²) in [5.74, 6) is -5.84. The molecule has 2 aliphatic heterocycles. The molecule has 3 aromatic rings. The minimum absolute atomic E-state index is 0.0194. The lowest BCUT2D eigenvalue weighted by atomic mass is 9.49. The quantitative estimate of drug-likeness (QED) is 0.153. The van der Waals surface area contributed by atoms with E-state index in [1.165, 1.54) is 23.0 Å². The third-order valence-corrected chi connectivity index (χ3v) is 11.3. The van der Waals surface area contributed by atoms with Crippen LogP contribution in [0.4, 0.5) is 5.69 Å². The molecular weight excluding hydrogens is 660 g/mol. The summed E-state index contributed by atoms with van der Waals surface area (Å²) < 4.78 is 5.39. The van der Waals surface area contributed by atoms with Gasteiger partial charge in [0.05, 0.1) is 36.0 Å². The summed E-state index contributed by atoms with van der Waals surface area (Å²) in [5.41, 5.74) is 0.579. The van der Waals surface area contributed by atoms with Crippen LogP contribution >= 0.6 is 11.6 Å². The largest absolute Gasteiger partial charge is 0.508 e. The number of carbonyl (C=O) groups excluding carboxylic acids is 4. The minimum atomic E-state index is -1.50. The number of phenolic OH excluding ortho intramolecular Hbond substituents is 1. The third-order valence-electron chi connectivity index (χ3n) is 11.1. The van der Waals surface area contributed by atoms with Gasteiger partial charge in [-0.15, -0.1) is 0 Å². The number of imide groups is 2. The fourth-order valence-corrected chi connectivity index (χ4v) is 9.18. The molecule has 1 saturated carbocycles. The van der Waals surface area contributed by atoms with Crippen LogP contribution in [0, 0.1) is 23.7 Å². The maximum absolute atomic E-state index is 15.2. The Hall–Kier alpha value is -4.96. The number of nitrogens with zero attached hydrogens (tertiary/aromatic N) is 2. The van der Waals surface area contributed by atoms with Crippen LogP contribution in [0.25, 0.3) is 0 Å². The van der Waals surface area contributed by atoms with Crippen LogP contribution in [0.15, 0.2) is 84.4 Å². The third kappa shape index (κ3) is 5.19. The van der Waals surface area contributed by atoms with Crippen molar-refractivity contribution in [2.24, 2.45) is 23.7 Å². The molecular formula is C39H37ClN2O8. The van der Waals surface area contributed by atoms with Gasteiger partial charge >= 0.3 is 5.97 Å². The molecule has 0 unspecified atom stereocenters. The molecule has 2 heterocycles. The number of halogens is 1. The summed E-state index contributed by atoms with van der Waals surface area (Å²) in [6.45, 7) is 0.187. The number of methoxy groups -OCH3 is 1. The second kappa shape index (κ2) is 13.1. The van der Waals surface area contributed by atoms with Gasteiger partial charge in [-0.2, -0.15) is 0 Å². The molecule has 0 bridgehead atoms. The first-order valence-corrected chi connectivity index (χ1v) is 17.3. The molecule has 4 aliphatic rings. The Bertz CT molecular complexity index is 1930. The summed E-state index contributed by atoms with van der Waals surface area (Å²) >= 11 is 6.37. The van der Waals surface area contributed by atoms with Crippen molar-refractivity contribution in [3.63, 3.8) is 0 Å². The zero-order valence-corrected chi connectivity index (χ0v) is 28.2. The van der Waals surface area contributed by atoms with Gasteiger partial charge in [0.15, 0.2) is 0 Å². The Balaban J connectivity index is 1.37. The first-order chi connectivity index (χ1) is 24.1. The zero-order chi connectivity index (χ0) is 35.3. The van der Waals surface area contributed by atoms with Gasteiger partial charge in [0.2, 0.25) is 23.6 Å². The summed E-state index contributed by atoms with van der Waals surface area (Å²) in [6, 6.07) is 20.6. The van der Waals surface area contributed by atoms with Gasteiger partial charge in [0.1, 0.15) is 11.5 Å². The van der Waals surface area contributed by atoms with E-state index in [-0.39, 0.29) is 43.4 Å². The normalized spacial score (nSPS) is 27.2. The summed E-state index contributed by atoms with van der Waals surface area (Å²) in [7, 11) is 1.49. The molecule has 2 N–H and O–H groups in total. The van der Waals surface area contributed by atoms with E-state index in [0.717, 1.165) is 5.57 Å². The van der Waals surface area contributed by atoms with Gasteiger partial charge in [-0.05, 0) is 61.4 Å². The van der Waals surface area contributed by atoms with Crippen LogP contribution < -0.4 is 9.64 Å². The van der Waals surface area contributed by atoms with E-state index in [1.54, 1.807) is 36.4 Å². The lowest BCUT2D eigenvalue weighted by Crippen LogP contribution is -2.53. The number of ether oxygens (including phenoxy) is 1. The van der Waals surface area contributed by atoms with E-state index in [9.17, 15) is 24.3 Å². The maximum Gasteiger partial charge on any atom is 0.303 e. The number of carbonyl (C=O) groups is 5. The number of allylic oxidation sites excluding steroid dienone is 2. The molecule has 2 aliphatic carbocycles. The highest BCUT2D eigenvalue weighted by molar-refractivity contribution is 6.32. The van der Waals surface area contributed by atoms with Gasteiger partial charge in [-0.25, -0.2) is 4.90 Å². The van der Waals surface area contributed by atoms with E-state index >= 15 is 4.79 Å². The van der Waals surface area contributed by atoms with E-state index in [2.05, 4.69) is 0 Å². The molecule has 3 fully saturated rings. The second-order valence-corrected chi connectivity index (χ2v) is 14.0. The van der Waals surface area contributed by atoms with Crippen molar-refractivity contribution in [2.45, 2.75) is 49.9 Å². The summed E-state index contributed by atoms with van der Waals surface area (Å²) in [5, 5.41) is 21.0. The van der Waals surface area contributed by atoms with Crippen molar-refractivity contribution in [1.29, 1.82) is 0 Å². The van der Waals surface area contributed by atoms with Crippen molar-refractivity contribution in [3.8, 4) is 11.5 Å². The number of carboxylic acid groups (broad SMARTS) is 1. The molecule has 10 nitrogen and oxygen atoms in total. The second-order valence-electron chi connectivity index (χ2n) is 13.6. The predicted molar refractivity (Wildman–Crippen MR) is 184 cm³/mol. The predicted octanol–water partition coefficient (Wildman–Crippen LogP) is 5.86. The van der Waals surface area contributed by atoms with E-state index in [4.69, 9.17) is 21.4 Å². The van der Waals surface area contributed by atoms with E-state index in [0.29, 0.717) is 46.8 Å². The van der Waals surface area contributed by atoms with Crippen LogP contribution in [0.5, 0.6) is 11.5 Å². The topological polar surface area (TPSA) is 142 Å². The number of aliphatic carboxylic acids is 1. The standard InChI is InChI=1S/C39H37ClN2O8/c1-50-25-14-15-27(31(43)20-25)34-26-16-17-28-33(37(48)41(35(28)46)18-7-3-6-13-32(44)45)29(26)21-30-36(47)42(24-12-8-11-23(40)19-24)38(49)39(30,34)22-9-4-2-5-10-22/h2,4-5,8-12,14-16,19-20,28-30,33-34,43H,3,6-7,13,17-18,21H2,1H3,(H,44,45)/t28-,29+,30-,33-,34+,39+/m0/s1. The molecule has 6 atom stereocenters. The number of likely N-dealkylation sites (tertiary alicyclic amines) is 1. The molecule has 0 spiro atoms. The number of anilines is 1. The molecule has 258 valence electrons. The SMILES string of the molecule is COc1ccc([C@H]2C3=CC[C@@H]4C(=O)N(CCCCCC(=O)O)C(=O)[C@@H]4[C@@H]3C[C@H]3C(=O)N(c4cccc(Cl)c4)C(=O)[C@@]23c2ccccc2)c(O)c1. The van der Waals surface area contributed by atoms with Crippen molar-refractivity contribution in [1.82, 2.24) is 4.90 Å². The monoisotopic (exact) mass is 696 g/mol. The Kier molecular flexibility index (Phi) is 8.76. The van der Waals surface area contributed by atoms with Crippen LogP contribution in [0.3, 0.4) is 0 Å². The highest BCUT2D eigenvalue weighted by Crippen LogP contribution is 2.65. The Morgan fingerprint density at radius 2 is 1.70 bits per heavy atom. The van der Waals surface area contributed by atoms with E-state index in [1.807, 2.05) is 36.4 Å². The zero-order valence-electron chi connectivity index (χ0n) is 27.5. The number of fused-ring (bicyclic) bond motifs is 4. The fourth-order valence-electron chi connectivity index (χ4n) is 8.99. The summed E-state index contributed by atoms with van der Waals surface area (Å²) in [6.07, 6.45) is 3.86. The number of amides is 4. The Morgan fingerprint density at radius 3 is 2.40 bits per heavy atom. The number of aromatic hydroxyl groups is 1. The highest BCUT2D eigenvalue weighted by Gasteiger charge is 2.70. The van der Waals surface area contributed by atoms with Gasteiger partial charge in [0.25, 0.3) is 0 Å². The average molecular weight is 697 g/mol. The number of phenols is 1. The number of hydrogen-bond acceptors (Lipinski definition) is 7. The smallest absolute Gasteiger partial charge is 0.303 e. The number of hydrogen-bond donors (Lipinski definition) is 2. The number of benzene rings is 3. The lowest BCUT2D eigenvalue weighted by molar-refractivity contribution is -0.141. The van der Waals surface area contributed by atoms with Crippen LogP contribution in [-0.2, 0) is 29.4 Å². The summed E-state index contributed by atoms with van der Waals surface area (Å²) in [4.78, 5) is 71.5. The fraction of sp³-hybridized carbons (Fsp3) is 0.359.